The number of ether oxygens (including phenoxy) is 2. The summed E-state index contributed by atoms with van der Waals surface area (Å²) in [5.74, 6) is -0.419. The van der Waals surface area contributed by atoms with Gasteiger partial charge in [0.05, 0.1) is 18.1 Å². The molecule has 31 heavy (non-hydrogen) atoms. The molecule has 7 nitrogen and oxygen atoms in total. The topological polar surface area (TPSA) is 98.9 Å². The lowest BCUT2D eigenvalue weighted by atomic mass is 10.0. The minimum Gasteiger partial charge on any atom is -0.385 e. The van der Waals surface area contributed by atoms with Gasteiger partial charge in [0, 0.05) is 12.1 Å². The Morgan fingerprint density at radius 1 is 0.871 bits per heavy atom. The normalized spacial score (nSPS) is 12.8. The van der Waals surface area contributed by atoms with Crippen LogP contribution >= 0.6 is 0 Å². The number of carbonyl (C=O) groups excluding carboxylic acids is 1. The number of nitro benzene ring substituents is 1. The molecule has 0 aliphatic carbocycles. The molecule has 0 saturated heterocycles. The van der Waals surface area contributed by atoms with E-state index in [1.807, 2.05) is 60.7 Å². The van der Waals surface area contributed by atoms with Gasteiger partial charge in [0.25, 0.3) is 5.69 Å². The molecule has 7 heteroatoms. The number of aliphatic hydroxyl groups excluding tert-OH is 1. The number of hydrogen-bond acceptors (Lipinski definition) is 6. The molecule has 0 heterocycles. The zero-order chi connectivity index (χ0) is 22.1. The number of rotatable bonds is 11. The van der Waals surface area contributed by atoms with Crippen molar-refractivity contribution in [1.82, 2.24) is 0 Å². The monoisotopic (exact) mass is 421 g/mol. The Bertz CT molecular complexity index is 976. The second-order valence-corrected chi connectivity index (χ2v) is 6.96. The molecule has 1 N–H and O–H groups in total. The van der Waals surface area contributed by atoms with Crippen molar-refractivity contribution < 1.29 is 24.3 Å². The maximum Gasteiger partial charge on any atom is 0.269 e. The summed E-state index contributed by atoms with van der Waals surface area (Å²) in [4.78, 5) is 23.2. The average Bonchev–Trinajstić information content (AvgIpc) is 2.80. The maximum absolute atomic E-state index is 12.8. The predicted octanol–water partition coefficient (Wildman–Crippen LogP) is 4.00. The zero-order valence-electron chi connectivity index (χ0n) is 16.8. The molecule has 160 valence electrons. The molecule has 3 aromatic carbocycles. The van der Waals surface area contributed by atoms with Gasteiger partial charge in [0.1, 0.15) is 18.8 Å². The van der Waals surface area contributed by atoms with Crippen LogP contribution in [0.25, 0.3) is 0 Å². The molecule has 0 saturated carbocycles. The number of carbonyl (C=O) groups is 1. The quantitative estimate of drug-likeness (QED) is 0.371. The number of nitrogens with zero attached hydrogens (tertiary/aromatic N) is 1. The Labute approximate surface area is 180 Å². The highest BCUT2D eigenvalue weighted by atomic mass is 16.6. The van der Waals surface area contributed by atoms with Crippen molar-refractivity contribution in [1.29, 1.82) is 0 Å². The minimum absolute atomic E-state index is 0.102. The number of aliphatic hydroxyl groups is 1. The number of benzene rings is 3. The SMILES string of the molecule is O=C(COCc1ccccc1)[C@H](OCc1ccccc1)[C@@H](O)c1ccc([N+](=O)[O-])cc1. The highest BCUT2D eigenvalue weighted by Crippen LogP contribution is 2.24. The first-order valence-electron chi connectivity index (χ1n) is 9.77. The summed E-state index contributed by atoms with van der Waals surface area (Å²) in [6.07, 6.45) is -2.48. The standard InChI is InChI=1S/C24H23NO6/c26-22(17-30-15-18-7-3-1-4-8-18)24(31-16-19-9-5-2-6-10-19)23(27)20-11-13-21(14-12-20)25(28)29/h1-14,23-24,27H,15-17H2/t23-,24-/m0/s1. The smallest absolute Gasteiger partial charge is 0.269 e. The second-order valence-electron chi connectivity index (χ2n) is 6.96. The van der Waals surface area contributed by atoms with E-state index in [0.717, 1.165) is 11.1 Å². The Morgan fingerprint density at radius 2 is 1.42 bits per heavy atom. The van der Waals surface area contributed by atoms with E-state index in [1.165, 1.54) is 24.3 Å². The van der Waals surface area contributed by atoms with Crippen molar-refractivity contribution in [3.8, 4) is 0 Å². The van der Waals surface area contributed by atoms with Crippen molar-refractivity contribution in [3.05, 3.63) is 112 Å². The van der Waals surface area contributed by atoms with Crippen LogP contribution in [0.2, 0.25) is 0 Å². The molecule has 0 unspecified atom stereocenters. The van der Waals surface area contributed by atoms with Crippen LogP contribution in [0.3, 0.4) is 0 Å². The first-order chi connectivity index (χ1) is 15.0. The van der Waals surface area contributed by atoms with Gasteiger partial charge in [-0.1, -0.05) is 60.7 Å². The molecule has 0 amide bonds. The van der Waals surface area contributed by atoms with Crippen molar-refractivity contribution in [2.75, 3.05) is 6.61 Å². The first kappa shape index (κ1) is 22.3. The van der Waals surface area contributed by atoms with Crippen LogP contribution in [0, 0.1) is 10.1 Å². The van der Waals surface area contributed by atoms with Crippen molar-refractivity contribution >= 4 is 11.5 Å². The van der Waals surface area contributed by atoms with Crippen molar-refractivity contribution in [2.24, 2.45) is 0 Å². The van der Waals surface area contributed by atoms with E-state index in [9.17, 15) is 20.0 Å². The lowest BCUT2D eigenvalue weighted by Gasteiger charge is -2.23. The highest BCUT2D eigenvalue weighted by molar-refractivity contribution is 5.85. The Hall–Kier alpha value is -3.39. The molecule has 0 radical (unpaired) electrons. The van der Waals surface area contributed by atoms with Gasteiger partial charge >= 0.3 is 0 Å². The summed E-state index contributed by atoms with van der Waals surface area (Å²) in [6, 6.07) is 24.1. The lowest BCUT2D eigenvalue weighted by Crippen LogP contribution is -2.34. The summed E-state index contributed by atoms with van der Waals surface area (Å²) in [5.41, 5.74) is 2.02. The number of hydrogen-bond donors (Lipinski definition) is 1. The third-order valence-corrected chi connectivity index (χ3v) is 4.68. The first-order valence-corrected chi connectivity index (χ1v) is 9.77. The fraction of sp³-hybridized carbons (Fsp3) is 0.208. The van der Waals surface area contributed by atoms with Crippen molar-refractivity contribution in [2.45, 2.75) is 25.4 Å². The third kappa shape index (κ3) is 6.55. The van der Waals surface area contributed by atoms with Crippen LogP contribution in [-0.4, -0.2) is 28.5 Å². The minimum atomic E-state index is -1.29. The van der Waals surface area contributed by atoms with Crippen molar-refractivity contribution in [3.63, 3.8) is 0 Å². The van der Waals surface area contributed by atoms with Gasteiger partial charge in [-0.25, -0.2) is 0 Å². The van der Waals surface area contributed by atoms with Gasteiger partial charge in [0.15, 0.2) is 5.78 Å². The van der Waals surface area contributed by atoms with Gasteiger partial charge in [-0.3, -0.25) is 14.9 Å². The van der Waals surface area contributed by atoms with E-state index < -0.39 is 22.9 Å². The zero-order valence-corrected chi connectivity index (χ0v) is 16.8. The van der Waals surface area contributed by atoms with Crippen LogP contribution in [0.5, 0.6) is 0 Å². The highest BCUT2D eigenvalue weighted by Gasteiger charge is 2.29. The second kappa shape index (κ2) is 11.1. The van der Waals surface area contributed by atoms with E-state index >= 15 is 0 Å². The van der Waals surface area contributed by atoms with Gasteiger partial charge in [-0.05, 0) is 28.8 Å². The Kier molecular flexibility index (Phi) is 8.00. The van der Waals surface area contributed by atoms with Crippen LogP contribution in [0.1, 0.15) is 22.8 Å². The molecule has 3 aromatic rings. The summed E-state index contributed by atoms with van der Waals surface area (Å²) in [7, 11) is 0. The molecular weight excluding hydrogens is 398 g/mol. The third-order valence-electron chi connectivity index (χ3n) is 4.68. The van der Waals surface area contributed by atoms with Crippen LogP contribution < -0.4 is 0 Å². The molecule has 0 aliphatic rings. The Morgan fingerprint density at radius 3 is 1.97 bits per heavy atom. The summed E-state index contributed by atoms with van der Waals surface area (Å²) < 4.78 is 11.3. The largest absolute Gasteiger partial charge is 0.385 e. The lowest BCUT2D eigenvalue weighted by molar-refractivity contribution is -0.384. The van der Waals surface area contributed by atoms with Crippen LogP contribution in [0.15, 0.2) is 84.9 Å². The van der Waals surface area contributed by atoms with E-state index in [-0.39, 0.29) is 25.5 Å². The molecule has 0 aromatic heterocycles. The average molecular weight is 421 g/mol. The fourth-order valence-corrected chi connectivity index (χ4v) is 3.01. The number of non-ortho nitro benzene ring substituents is 1. The van der Waals surface area contributed by atoms with Gasteiger partial charge in [0.2, 0.25) is 0 Å². The van der Waals surface area contributed by atoms with E-state index in [4.69, 9.17) is 9.47 Å². The van der Waals surface area contributed by atoms with E-state index in [0.29, 0.717) is 5.56 Å². The molecule has 0 fully saturated rings. The molecule has 3 rings (SSSR count). The predicted molar refractivity (Wildman–Crippen MR) is 114 cm³/mol. The number of Topliss-reactive ketones (excluding diaryl/α,β-unsaturated/α-hetero) is 1. The fourth-order valence-electron chi connectivity index (χ4n) is 3.01. The van der Waals surface area contributed by atoms with E-state index in [1.54, 1.807) is 0 Å². The summed E-state index contributed by atoms with van der Waals surface area (Å²) in [6.45, 7) is 0.143. The Balaban J connectivity index is 1.69. The van der Waals surface area contributed by atoms with E-state index in [2.05, 4.69) is 0 Å². The molecule has 0 bridgehead atoms. The van der Waals surface area contributed by atoms with Crippen LogP contribution in [-0.2, 0) is 27.5 Å². The van der Waals surface area contributed by atoms with Gasteiger partial charge in [-0.2, -0.15) is 0 Å². The molecule has 2 atom stereocenters. The molecule has 0 aliphatic heterocycles. The summed E-state index contributed by atoms with van der Waals surface area (Å²) >= 11 is 0. The number of nitro groups is 1. The van der Waals surface area contributed by atoms with Gasteiger partial charge < -0.3 is 14.6 Å². The van der Waals surface area contributed by atoms with Gasteiger partial charge in [-0.15, -0.1) is 0 Å². The molecular formula is C24H23NO6. The molecule has 0 spiro atoms. The summed E-state index contributed by atoms with van der Waals surface area (Å²) in [5, 5.41) is 21.7. The van der Waals surface area contributed by atoms with Crippen LogP contribution in [0.4, 0.5) is 5.69 Å². The number of ketones is 1. The maximum atomic E-state index is 12.8.